The quantitative estimate of drug-likeness (QED) is 0.729. The molecule has 0 radical (unpaired) electrons. The van der Waals surface area contributed by atoms with Crippen molar-refractivity contribution in [1.29, 1.82) is 0 Å². The van der Waals surface area contributed by atoms with Crippen molar-refractivity contribution in [3.05, 3.63) is 0 Å². The van der Waals surface area contributed by atoms with E-state index in [-0.39, 0.29) is 11.5 Å². The minimum Gasteiger partial charge on any atom is -0.481 e. The summed E-state index contributed by atoms with van der Waals surface area (Å²) in [5.41, 5.74) is 0.0558. The van der Waals surface area contributed by atoms with Crippen LogP contribution >= 0.6 is 0 Å². The van der Waals surface area contributed by atoms with Crippen molar-refractivity contribution in [3.8, 4) is 0 Å². The summed E-state index contributed by atoms with van der Waals surface area (Å²) in [4.78, 5) is 13.3. The Balaban J connectivity index is 2.72. The van der Waals surface area contributed by atoms with E-state index in [4.69, 9.17) is 5.11 Å². The number of nitrogens with one attached hydrogen (secondary N) is 1. The van der Waals surface area contributed by atoms with Gasteiger partial charge in [0.25, 0.3) is 0 Å². The van der Waals surface area contributed by atoms with E-state index in [9.17, 15) is 4.79 Å². The van der Waals surface area contributed by atoms with Gasteiger partial charge in [-0.1, -0.05) is 6.92 Å². The summed E-state index contributed by atoms with van der Waals surface area (Å²) >= 11 is 0. The fourth-order valence-electron chi connectivity index (χ4n) is 2.07. The van der Waals surface area contributed by atoms with Crippen molar-refractivity contribution >= 4 is 5.97 Å². The molecule has 4 nitrogen and oxygen atoms in total. The first kappa shape index (κ1) is 12.5. The van der Waals surface area contributed by atoms with Crippen molar-refractivity contribution < 1.29 is 9.90 Å². The standard InChI is InChI=1S/C11H22N2O2/c1-4-5-13-7-9(10(14)15)6-12-8-11(13,2)3/h9,12H,4-8H2,1-3H3,(H,14,15). The van der Waals surface area contributed by atoms with Gasteiger partial charge in [0.2, 0.25) is 0 Å². The predicted molar refractivity (Wildman–Crippen MR) is 59.9 cm³/mol. The van der Waals surface area contributed by atoms with E-state index in [1.165, 1.54) is 0 Å². The summed E-state index contributed by atoms with van der Waals surface area (Å²) in [5.74, 6) is -0.973. The lowest BCUT2D eigenvalue weighted by Crippen LogP contribution is -2.49. The second-order valence-electron chi connectivity index (χ2n) is 4.92. The Morgan fingerprint density at radius 1 is 1.60 bits per heavy atom. The van der Waals surface area contributed by atoms with Gasteiger partial charge < -0.3 is 10.4 Å². The molecule has 1 atom stereocenters. The molecule has 0 amide bonds. The van der Waals surface area contributed by atoms with Crippen molar-refractivity contribution in [1.82, 2.24) is 10.2 Å². The topological polar surface area (TPSA) is 52.6 Å². The first-order valence-electron chi connectivity index (χ1n) is 5.66. The number of rotatable bonds is 3. The molecule has 2 N–H and O–H groups in total. The van der Waals surface area contributed by atoms with Crippen LogP contribution in [0.25, 0.3) is 0 Å². The molecule has 88 valence electrons. The molecule has 1 unspecified atom stereocenters. The van der Waals surface area contributed by atoms with Crippen molar-refractivity contribution in [2.24, 2.45) is 5.92 Å². The largest absolute Gasteiger partial charge is 0.481 e. The minimum absolute atomic E-state index is 0.0558. The molecule has 15 heavy (non-hydrogen) atoms. The van der Waals surface area contributed by atoms with Gasteiger partial charge in [0.1, 0.15) is 0 Å². The van der Waals surface area contributed by atoms with Crippen LogP contribution in [-0.4, -0.2) is 47.7 Å². The monoisotopic (exact) mass is 214 g/mol. The molecule has 0 aromatic heterocycles. The highest BCUT2D eigenvalue weighted by molar-refractivity contribution is 5.70. The van der Waals surface area contributed by atoms with E-state index in [0.717, 1.165) is 19.5 Å². The van der Waals surface area contributed by atoms with Gasteiger partial charge in [-0.2, -0.15) is 0 Å². The van der Waals surface area contributed by atoms with Crippen LogP contribution in [0.15, 0.2) is 0 Å². The first-order chi connectivity index (χ1) is 6.97. The molecule has 1 heterocycles. The molecule has 0 aliphatic carbocycles. The van der Waals surface area contributed by atoms with E-state index in [0.29, 0.717) is 13.1 Å². The van der Waals surface area contributed by atoms with E-state index < -0.39 is 5.97 Å². The van der Waals surface area contributed by atoms with Gasteiger partial charge in [0.05, 0.1) is 5.92 Å². The maximum absolute atomic E-state index is 11.0. The molecular weight excluding hydrogens is 192 g/mol. The maximum atomic E-state index is 11.0. The Morgan fingerprint density at radius 2 is 2.27 bits per heavy atom. The zero-order valence-electron chi connectivity index (χ0n) is 9.92. The minimum atomic E-state index is -0.693. The summed E-state index contributed by atoms with van der Waals surface area (Å²) in [7, 11) is 0. The Labute approximate surface area is 91.6 Å². The SMILES string of the molecule is CCCN1CC(C(=O)O)CNCC1(C)C. The molecule has 1 rings (SSSR count). The van der Waals surface area contributed by atoms with Crippen LogP contribution in [0.2, 0.25) is 0 Å². The Hall–Kier alpha value is -0.610. The first-order valence-corrected chi connectivity index (χ1v) is 5.66. The van der Waals surface area contributed by atoms with E-state index in [2.05, 4.69) is 31.0 Å². The summed E-state index contributed by atoms with van der Waals surface area (Å²) in [6.07, 6.45) is 1.07. The third-order valence-electron chi connectivity index (χ3n) is 3.09. The summed E-state index contributed by atoms with van der Waals surface area (Å²) in [6, 6.07) is 0. The molecule has 0 saturated carbocycles. The molecule has 1 aliphatic heterocycles. The Morgan fingerprint density at radius 3 is 2.80 bits per heavy atom. The number of hydrogen-bond donors (Lipinski definition) is 2. The molecule has 1 saturated heterocycles. The van der Waals surface area contributed by atoms with Gasteiger partial charge in [0, 0.05) is 25.2 Å². The fraction of sp³-hybridized carbons (Fsp3) is 0.909. The van der Waals surface area contributed by atoms with Crippen molar-refractivity contribution in [2.45, 2.75) is 32.7 Å². The maximum Gasteiger partial charge on any atom is 0.309 e. The van der Waals surface area contributed by atoms with Crippen LogP contribution < -0.4 is 5.32 Å². The number of carboxylic acid groups (broad SMARTS) is 1. The van der Waals surface area contributed by atoms with Gasteiger partial charge in [-0.05, 0) is 26.8 Å². The number of nitrogens with zero attached hydrogens (tertiary/aromatic N) is 1. The van der Waals surface area contributed by atoms with E-state index in [1.807, 2.05) is 0 Å². The smallest absolute Gasteiger partial charge is 0.309 e. The molecule has 0 spiro atoms. The molecular formula is C11H22N2O2. The van der Waals surface area contributed by atoms with Crippen LogP contribution in [0.3, 0.4) is 0 Å². The average Bonchev–Trinajstić information content (AvgIpc) is 2.27. The third kappa shape index (κ3) is 3.18. The van der Waals surface area contributed by atoms with Gasteiger partial charge in [0.15, 0.2) is 0 Å². The van der Waals surface area contributed by atoms with Crippen LogP contribution in [0.5, 0.6) is 0 Å². The molecule has 0 aromatic rings. The second kappa shape index (κ2) is 4.94. The van der Waals surface area contributed by atoms with Crippen LogP contribution in [0.1, 0.15) is 27.2 Å². The highest BCUT2D eigenvalue weighted by atomic mass is 16.4. The lowest BCUT2D eigenvalue weighted by atomic mass is 10.0. The van der Waals surface area contributed by atoms with Crippen LogP contribution in [0, 0.1) is 5.92 Å². The predicted octanol–water partition coefficient (Wildman–Crippen LogP) is 0.781. The molecule has 1 fully saturated rings. The highest BCUT2D eigenvalue weighted by Gasteiger charge is 2.33. The molecule has 1 aliphatic rings. The lowest BCUT2D eigenvalue weighted by molar-refractivity contribution is -0.142. The van der Waals surface area contributed by atoms with E-state index >= 15 is 0 Å². The second-order valence-corrected chi connectivity index (χ2v) is 4.92. The zero-order valence-corrected chi connectivity index (χ0v) is 9.92. The van der Waals surface area contributed by atoms with Gasteiger partial charge in [-0.25, -0.2) is 0 Å². The summed E-state index contributed by atoms with van der Waals surface area (Å²) in [6.45, 7) is 9.53. The summed E-state index contributed by atoms with van der Waals surface area (Å²) in [5, 5.41) is 12.3. The molecule has 0 bridgehead atoms. The average molecular weight is 214 g/mol. The number of hydrogen-bond acceptors (Lipinski definition) is 3. The Bertz CT molecular complexity index is 229. The van der Waals surface area contributed by atoms with E-state index in [1.54, 1.807) is 0 Å². The lowest BCUT2D eigenvalue weighted by Gasteiger charge is -2.37. The fourth-order valence-corrected chi connectivity index (χ4v) is 2.07. The van der Waals surface area contributed by atoms with Crippen LogP contribution in [-0.2, 0) is 4.79 Å². The summed E-state index contributed by atoms with van der Waals surface area (Å²) < 4.78 is 0. The Kier molecular flexibility index (Phi) is 4.11. The number of carboxylic acids is 1. The van der Waals surface area contributed by atoms with Crippen LogP contribution in [0.4, 0.5) is 0 Å². The zero-order chi connectivity index (χ0) is 11.5. The van der Waals surface area contributed by atoms with Crippen molar-refractivity contribution in [2.75, 3.05) is 26.2 Å². The van der Waals surface area contributed by atoms with Gasteiger partial charge in [-0.3, -0.25) is 9.69 Å². The third-order valence-corrected chi connectivity index (χ3v) is 3.09. The molecule has 4 heteroatoms. The van der Waals surface area contributed by atoms with Gasteiger partial charge in [-0.15, -0.1) is 0 Å². The molecule has 0 aromatic carbocycles. The normalized spacial score (nSPS) is 27.3. The highest BCUT2D eigenvalue weighted by Crippen LogP contribution is 2.19. The van der Waals surface area contributed by atoms with Crippen molar-refractivity contribution in [3.63, 3.8) is 0 Å². The van der Waals surface area contributed by atoms with Gasteiger partial charge >= 0.3 is 5.97 Å². The number of carbonyl (C=O) groups is 1. The number of aliphatic carboxylic acids is 1.